The number of nitrogens with two attached hydrogens (primary N) is 1. The second kappa shape index (κ2) is 12.6. The van der Waals surface area contributed by atoms with Crippen LogP contribution in [0.2, 0.25) is 0 Å². The Labute approximate surface area is 206 Å². The minimum atomic E-state index is -4.57. The lowest BCUT2D eigenvalue weighted by Gasteiger charge is -2.28. The van der Waals surface area contributed by atoms with Crippen LogP contribution in [0.5, 0.6) is 0 Å². The molecule has 2 aromatic rings. The minimum absolute atomic E-state index is 0.0164. The van der Waals surface area contributed by atoms with Gasteiger partial charge in [-0.15, -0.1) is 0 Å². The smallest absolute Gasteiger partial charge is 0.406 e. The molecule has 0 aliphatic carbocycles. The quantitative estimate of drug-likeness (QED) is 0.208. The number of alkyl halides is 3. The summed E-state index contributed by atoms with van der Waals surface area (Å²) in [6.45, 7) is 1.89. The monoisotopic (exact) mass is 516 g/mol. The topological polar surface area (TPSA) is 91.8 Å². The van der Waals surface area contributed by atoms with E-state index in [1.165, 1.54) is 29.5 Å². The summed E-state index contributed by atoms with van der Waals surface area (Å²) < 4.78 is 56.9. The Morgan fingerprint density at radius 3 is 2.40 bits per heavy atom. The largest absolute Gasteiger partial charge is 0.472 e. The number of hydrogen-bond donors (Lipinski definition) is 2. The fraction of sp³-hybridized carbons (Fsp3) is 0.435. The highest BCUT2D eigenvalue weighted by Crippen LogP contribution is 2.21. The van der Waals surface area contributed by atoms with Gasteiger partial charge in [0.2, 0.25) is 5.91 Å². The van der Waals surface area contributed by atoms with Gasteiger partial charge in [-0.3, -0.25) is 14.6 Å². The molecule has 35 heavy (non-hydrogen) atoms. The van der Waals surface area contributed by atoms with E-state index >= 15 is 0 Å². The maximum atomic E-state index is 13.1. The van der Waals surface area contributed by atoms with Crippen molar-refractivity contribution in [2.75, 3.05) is 13.1 Å². The molecule has 7 nitrogen and oxygen atoms in total. The number of carbonyl (C=O) groups is 2. The van der Waals surface area contributed by atoms with Gasteiger partial charge in [-0.25, -0.2) is 10.2 Å². The summed E-state index contributed by atoms with van der Waals surface area (Å²) in [5, 5.41) is 3.69. The first kappa shape index (κ1) is 28.2. The highest BCUT2D eigenvalue weighted by Gasteiger charge is 2.33. The van der Waals surface area contributed by atoms with Crippen molar-refractivity contribution in [3.05, 3.63) is 59.8 Å². The van der Waals surface area contributed by atoms with Gasteiger partial charge in [0.25, 0.3) is 5.91 Å². The summed E-state index contributed by atoms with van der Waals surface area (Å²) in [6.07, 6.45) is -1.48. The molecule has 3 N–H and O–H groups in total. The van der Waals surface area contributed by atoms with Crippen LogP contribution < -0.4 is 11.2 Å². The molecule has 0 saturated heterocycles. The molecule has 0 aliphatic heterocycles. The molecule has 0 saturated carbocycles. The van der Waals surface area contributed by atoms with Crippen molar-refractivity contribution in [3.8, 4) is 0 Å². The highest BCUT2D eigenvalue weighted by molar-refractivity contribution is 7.80. The van der Waals surface area contributed by atoms with E-state index < -0.39 is 42.3 Å². The number of hydrazine groups is 1. The number of nitrogens with zero attached hydrogens (tertiary/aromatic N) is 2. The van der Waals surface area contributed by atoms with Gasteiger partial charge >= 0.3 is 6.18 Å². The van der Waals surface area contributed by atoms with Crippen molar-refractivity contribution >= 4 is 29.1 Å². The number of thiocarbonyl (C=S) groups is 1. The van der Waals surface area contributed by atoms with E-state index in [1.54, 1.807) is 26.0 Å². The number of rotatable bonds is 10. The maximum Gasteiger partial charge on any atom is 0.406 e. The summed E-state index contributed by atoms with van der Waals surface area (Å²) in [4.78, 5) is 25.8. The number of benzene rings is 1. The fourth-order valence-electron chi connectivity index (χ4n) is 3.44. The zero-order valence-corrected chi connectivity index (χ0v) is 20.2. The molecule has 1 aromatic carbocycles. The summed E-state index contributed by atoms with van der Waals surface area (Å²) in [5.41, 5.74) is 0.701. The first-order valence-electron chi connectivity index (χ1n) is 10.9. The molecule has 2 rings (SSSR count). The summed E-state index contributed by atoms with van der Waals surface area (Å²) in [7, 11) is 0. The molecule has 2 amide bonds. The van der Waals surface area contributed by atoms with Crippen LogP contribution in [0.1, 0.15) is 55.1 Å². The van der Waals surface area contributed by atoms with Crippen molar-refractivity contribution in [1.29, 1.82) is 0 Å². The van der Waals surface area contributed by atoms with Crippen LogP contribution >= 0.6 is 12.2 Å². The number of halogens is 4. The van der Waals surface area contributed by atoms with Gasteiger partial charge in [0.15, 0.2) is 5.11 Å². The van der Waals surface area contributed by atoms with Crippen molar-refractivity contribution in [2.24, 2.45) is 11.8 Å². The van der Waals surface area contributed by atoms with E-state index in [0.717, 1.165) is 6.26 Å². The van der Waals surface area contributed by atoms with E-state index in [4.69, 9.17) is 22.5 Å². The van der Waals surface area contributed by atoms with E-state index in [-0.39, 0.29) is 30.1 Å². The number of amides is 2. The van der Waals surface area contributed by atoms with Gasteiger partial charge in [0.1, 0.15) is 18.6 Å². The second-order valence-electron chi connectivity index (χ2n) is 8.03. The van der Waals surface area contributed by atoms with Crippen molar-refractivity contribution in [3.63, 3.8) is 0 Å². The predicted octanol–water partition coefficient (Wildman–Crippen LogP) is 4.57. The Bertz CT molecular complexity index is 984. The van der Waals surface area contributed by atoms with Crippen LogP contribution in [0.25, 0.3) is 0 Å². The second-order valence-corrected chi connectivity index (χ2v) is 8.42. The fourth-order valence-corrected chi connectivity index (χ4v) is 3.70. The number of hydrogen-bond acceptors (Lipinski definition) is 5. The summed E-state index contributed by atoms with van der Waals surface area (Å²) in [5.74, 6) is 3.84. The van der Waals surface area contributed by atoms with Gasteiger partial charge in [-0.2, -0.15) is 13.2 Å². The van der Waals surface area contributed by atoms with Crippen LogP contribution in [-0.4, -0.2) is 46.1 Å². The molecule has 0 bridgehead atoms. The standard InChI is InChI=1S/C23H28F4N4O3S/c1-3-16(5-4-11-30(14-23(25,26)27)21(33)18-10-12-34-13-18)20(32)29-22(35)31(28)15(2)17-6-8-19(24)9-7-17/h6-10,12-13,15-16H,3-5,11,14,28H2,1-2H3,(H,29,32,35)/t15-,16?/m0/s1. The number of carbonyl (C=O) groups excluding carboxylic acids is 2. The molecule has 0 fully saturated rings. The first-order valence-corrected chi connectivity index (χ1v) is 11.4. The van der Waals surface area contributed by atoms with Crippen LogP contribution in [0.15, 0.2) is 47.3 Å². The SMILES string of the molecule is CCC(CCCN(CC(F)(F)F)C(=O)c1ccoc1)C(=O)NC(=S)N(N)[C@@H](C)c1ccc(F)cc1. The molecule has 12 heteroatoms. The van der Waals surface area contributed by atoms with Gasteiger partial charge in [0, 0.05) is 12.5 Å². The number of furan rings is 1. The van der Waals surface area contributed by atoms with Crippen LogP contribution in [-0.2, 0) is 4.79 Å². The van der Waals surface area contributed by atoms with Crippen molar-refractivity contribution in [1.82, 2.24) is 15.2 Å². The Kier molecular flexibility index (Phi) is 10.2. The first-order chi connectivity index (χ1) is 16.4. The molecular formula is C23H28F4N4O3S. The van der Waals surface area contributed by atoms with Gasteiger partial charge in [-0.1, -0.05) is 19.1 Å². The lowest BCUT2D eigenvalue weighted by molar-refractivity contribution is -0.141. The Morgan fingerprint density at radius 2 is 1.86 bits per heavy atom. The molecule has 2 atom stereocenters. The average Bonchev–Trinajstić information content (AvgIpc) is 3.34. The van der Waals surface area contributed by atoms with Gasteiger partial charge in [-0.05, 0) is 62.2 Å². The maximum absolute atomic E-state index is 13.1. The highest BCUT2D eigenvalue weighted by atomic mass is 32.1. The molecular weight excluding hydrogens is 488 g/mol. The Morgan fingerprint density at radius 1 is 1.20 bits per heavy atom. The summed E-state index contributed by atoms with van der Waals surface area (Å²) >= 11 is 5.22. The molecule has 0 aliphatic rings. The molecule has 1 heterocycles. The molecule has 0 radical (unpaired) electrons. The predicted molar refractivity (Wildman–Crippen MR) is 125 cm³/mol. The van der Waals surface area contributed by atoms with Crippen LogP contribution in [0, 0.1) is 11.7 Å². The average molecular weight is 517 g/mol. The Hall–Kier alpha value is -2.99. The third-order valence-corrected chi connectivity index (χ3v) is 5.82. The minimum Gasteiger partial charge on any atom is -0.472 e. The molecule has 1 unspecified atom stereocenters. The third kappa shape index (κ3) is 8.62. The van der Waals surface area contributed by atoms with Crippen LogP contribution in [0.4, 0.5) is 17.6 Å². The molecule has 1 aromatic heterocycles. The van der Waals surface area contributed by atoms with Crippen LogP contribution in [0.3, 0.4) is 0 Å². The number of nitrogens with one attached hydrogen (secondary N) is 1. The molecule has 192 valence electrons. The Balaban J connectivity index is 1.93. The van der Waals surface area contributed by atoms with E-state index in [0.29, 0.717) is 16.9 Å². The lowest BCUT2D eigenvalue weighted by Crippen LogP contribution is -2.49. The van der Waals surface area contributed by atoms with Gasteiger partial charge < -0.3 is 14.6 Å². The van der Waals surface area contributed by atoms with Gasteiger partial charge in [0.05, 0.1) is 17.9 Å². The van der Waals surface area contributed by atoms with Crippen molar-refractivity contribution < 1.29 is 31.6 Å². The third-order valence-electron chi connectivity index (χ3n) is 5.50. The lowest BCUT2D eigenvalue weighted by atomic mass is 9.99. The zero-order valence-electron chi connectivity index (χ0n) is 19.3. The van der Waals surface area contributed by atoms with E-state index in [1.807, 2.05) is 0 Å². The summed E-state index contributed by atoms with van der Waals surface area (Å²) in [6, 6.07) is 6.52. The van der Waals surface area contributed by atoms with Crippen molar-refractivity contribution in [2.45, 2.75) is 45.3 Å². The van der Waals surface area contributed by atoms with E-state index in [9.17, 15) is 27.2 Å². The normalized spacial score (nSPS) is 13.1. The molecule has 0 spiro atoms. The van der Waals surface area contributed by atoms with E-state index in [2.05, 4.69) is 5.32 Å². The zero-order chi connectivity index (χ0) is 26.2.